The normalized spacial score (nSPS) is 12.2. The molecule has 2 aromatic heterocycles. The molecule has 5 nitrogen and oxygen atoms in total. The summed E-state index contributed by atoms with van der Waals surface area (Å²) in [4.78, 5) is 13.1. The molecule has 0 amide bonds. The van der Waals surface area contributed by atoms with Crippen LogP contribution < -0.4 is 0 Å². The number of rotatable bonds is 3. The molecular weight excluding hydrogens is 314 g/mol. The first kappa shape index (κ1) is 15.2. The Morgan fingerprint density at radius 3 is 1.88 bits per heavy atom. The first-order valence-corrected chi connectivity index (χ1v) is 7.97. The van der Waals surface area contributed by atoms with E-state index in [1.54, 1.807) is 6.20 Å². The van der Waals surface area contributed by atoms with Gasteiger partial charge in [0.1, 0.15) is 0 Å². The van der Waals surface area contributed by atoms with E-state index in [-0.39, 0.29) is 11.5 Å². The molecule has 0 atom stereocenters. The van der Waals surface area contributed by atoms with Gasteiger partial charge in [0.25, 0.3) is 0 Å². The third kappa shape index (κ3) is 2.24. The zero-order valence-electron chi connectivity index (χ0n) is 14.0. The van der Waals surface area contributed by atoms with Crippen LogP contribution in [0.2, 0.25) is 0 Å². The van der Waals surface area contributed by atoms with Crippen molar-refractivity contribution in [3.05, 3.63) is 72.1 Å². The summed E-state index contributed by atoms with van der Waals surface area (Å²) in [6.07, 6.45) is 3.60. The first-order chi connectivity index (χ1) is 12.1. The topological polar surface area (TPSA) is 59.5 Å². The smallest absolute Gasteiger partial charge is 0.217 e. The molecule has 0 spiro atoms. The molecule has 1 N–H and O–H groups in total. The fourth-order valence-electron chi connectivity index (χ4n) is 3.40. The number of aryl methyl sites for hydroxylation is 2. The van der Waals surface area contributed by atoms with Gasteiger partial charge in [-0.25, -0.2) is 0 Å². The highest BCUT2D eigenvalue weighted by Gasteiger charge is 2.24. The van der Waals surface area contributed by atoms with Crippen LogP contribution in [-0.2, 0) is 14.1 Å². The number of benzene rings is 2. The molecule has 2 heterocycles. The molecule has 0 fully saturated rings. The van der Waals surface area contributed by atoms with Crippen LogP contribution >= 0.6 is 0 Å². The largest absolute Gasteiger partial charge is 0.410 e. The second-order valence-corrected chi connectivity index (χ2v) is 6.12. The van der Waals surface area contributed by atoms with E-state index in [0.717, 1.165) is 21.8 Å². The summed E-state index contributed by atoms with van der Waals surface area (Å²) in [5.41, 5.74) is 3.14. The van der Waals surface area contributed by atoms with Crippen molar-refractivity contribution in [3.63, 3.8) is 0 Å². The van der Waals surface area contributed by atoms with E-state index in [9.17, 15) is 10.0 Å². The van der Waals surface area contributed by atoms with Crippen molar-refractivity contribution in [2.45, 2.75) is 0 Å². The maximum absolute atomic E-state index is 13.1. The van der Waals surface area contributed by atoms with Gasteiger partial charge in [0, 0.05) is 59.4 Å². The Bertz CT molecular complexity index is 1150. The fourth-order valence-corrected chi connectivity index (χ4v) is 3.40. The lowest BCUT2D eigenvalue weighted by Gasteiger charge is -2.02. The van der Waals surface area contributed by atoms with Gasteiger partial charge in [-0.15, -0.1) is 0 Å². The number of hydrogen-bond donors (Lipinski definition) is 1. The van der Waals surface area contributed by atoms with Gasteiger partial charge in [0.2, 0.25) is 5.78 Å². The van der Waals surface area contributed by atoms with E-state index >= 15 is 0 Å². The Morgan fingerprint density at radius 2 is 1.32 bits per heavy atom. The first-order valence-electron chi connectivity index (χ1n) is 7.97. The molecule has 2 aromatic carbocycles. The number of oxime groups is 1. The van der Waals surface area contributed by atoms with Crippen LogP contribution in [0.5, 0.6) is 0 Å². The van der Waals surface area contributed by atoms with Crippen LogP contribution in [-0.4, -0.2) is 25.8 Å². The molecule has 0 aliphatic carbocycles. The van der Waals surface area contributed by atoms with Gasteiger partial charge in [-0.2, -0.15) is 0 Å². The van der Waals surface area contributed by atoms with E-state index in [4.69, 9.17) is 0 Å². The van der Waals surface area contributed by atoms with Crippen LogP contribution in [0.15, 0.2) is 66.1 Å². The second kappa shape index (κ2) is 5.63. The maximum atomic E-state index is 13.1. The fraction of sp³-hybridized carbons (Fsp3) is 0.100. The highest BCUT2D eigenvalue weighted by molar-refractivity contribution is 6.54. The molecule has 4 aromatic rings. The minimum Gasteiger partial charge on any atom is -0.410 e. The molecule has 0 bridgehead atoms. The Hall–Kier alpha value is -3.34. The van der Waals surface area contributed by atoms with Crippen LogP contribution in [0.4, 0.5) is 0 Å². The van der Waals surface area contributed by atoms with Crippen molar-refractivity contribution in [2.75, 3.05) is 0 Å². The Labute approximate surface area is 144 Å². The van der Waals surface area contributed by atoms with Gasteiger partial charge < -0.3 is 14.3 Å². The van der Waals surface area contributed by atoms with Gasteiger partial charge in [0.15, 0.2) is 5.71 Å². The van der Waals surface area contributed by atoms with Crippen LogP contribution in [0.1, 0.15) is 15.9 Å². The minimum absolute atomic E-state index is 0.0492. The molecule has 0 aliphatic heterocycles. The van der Waals surface area contributed by atoms with E-state index < -0.39 is 0 Å². The van der Waals surface area contributed by atoms with Gasteiger partial charge in [-0.1, -0.05) is 41.6 Å². The molecule has 0 radical (unpaired) electrons. The average Bonchev–Trinajstić information content (AvgIpc) is 3.15. The van der Waals surface area contributed by atoms with E-state index in [1.807, 2.05) is 78.0 Å². The quantitative estimate of drug-likeness (QED) is 0.269. The lowest BCUT2D eigenvalue weighted by molar-refractivity contribution is 0.106. The lowest BCUT2D eigenvalue weighted by Crippen LogP contribution is -2.15. The summed E-state index contributed by atoms with van der Waals surface area (Å²) in [7, 11) is 3.80. The minimum atomic E-state index is -0.296. The van der Waals surface area contributed by atoms with Gasteiger partial charge in [-0.05, 0) is 12.1 Å². The van der Waals surface area contributed by atoms with E-state index in [1.165, 1.54) is 0 Å². The molecule has 4 rings (SSSR count). The number of nitrogens with zero attached hydrogens (tertiary/aromatic N) is 3. The van der Waals surface area contributed by atoms with Gasteiger partial charge in [0.05, 0.1) is 0 Å². The number of ketones is 1. The highest BCUT2D eigenvalue weighted by Crippen LogP contribution is 2.25. The molecule has 25 heavy (non-hydrogen) atoms. The standard InChI is InChI=1S/C20H17N3O2/c1-22-11-15(13-7-3-5-9-17(13)22)19(21-25)20(24)16-12-23(2)18-10-6-4-8-14(16)18/h3-12,25H,1-2H3/b21-19+. The molecule has 0 unspecified atom stereocenters. The van der Waals surface area contributed by atoms with Crippen molar-refractivity contribution >= 4 is 33.3 Å². The van der Waals surface area contributed by atoms with Crippen LogP contribution in [0.3, 0.4) is 0 Å². The summed E-state index contributed by atoms with van der Waals surface area (Å²) in [5, 5.41) is 14.7. The van der Waals surface area contributed by atoms with Crippen molar-refractivity contribution in [1.82, 2.24) is 9.13 Å². The van der Waals surface area contributed by atoms with Gasteiger partial charge in [-0.3, -0.25) is 4.79 Å². The molecule has 124 valence electrons. The van der Waals surface area contributed by atoms with E-state index in [0.29, 0.717) is 11.1 Å². The SMILES string of the molecule is Cn1cc(C(=O)/C(=N/O)c2cn(C)c3ccccc23)c2ccccc21. The number of carbonyl (C=O) groups is 1. The van der Waals surface area contributed by atoms with Crippen molar-refractivity contribution in [2.24, 2.45) is 19.3 Å². The number of hydrogen-bond acceptors (Lipinski definition) is 3. The summed E-state index contributed by atoms with van der Waals surface area (Å²) in [6.45, 7) is 0. The van der Waals surface area contributed by atoms with E-state index in [2.05, 4.69) is 5.16 Å². The molecule has 0 saturated heterocycles. The second-order valence-electron chi connectivity index (χ2n) is 6.12. The predicted octanol–water partition coefficient (Wildman–Crippen LogP) is 3.73. The monoisotopic (exact) mass is 331 g/mol. The van der Waals surface area contributed by atoms with Crippen LogP contribution in [0.25, 0.3) is 21.8 Å². The average molecular weight is 331 g/mol. The lowest BCUT2D eigenvalue weighted by atomic mass is 10.00. The zero-order valence-corrected chi connectivity index (χ0v) is 14.0. The zero-order chi connectivity index (χ0) is 17.6. The summed E-state index contributed by atoms with van der Waals surface area (Å²) >= 11 is 0. The summed E-state index contributed by atoms with van der Waals surface area (Å²) in [5.74, 6) is -0.296. The number of aromatic nitrogens is 2. The Morgan fingerprint density at radius 1 is 0.840 bits per heavy atom. The van der Waals surface area contributed by atoms with Crippen molar-refractivity contribution in [3.8, 4) is 0 Å². The van der Waals surface area contributed by atoms with Crippen LogP contribution in [0, 0.1) is 0 Å². The predicted molar refractivity (Wildman–Crippen MR) is 98.5 cm³/mol. The highest BCUT2D eigenvalue weighted by atomic mass is 16.4. The van der Waals surface area contributed by atoms with Crippen molar-refractivity contribution in [1.29, 1.82) is 0 Å². The number of Topliss-reactive ketones (excluding diaryl/α,β-unsaturated/α-hetero) is 1. The molecule has 5 heteroatoms. The van der Waals surface area contributed by atoms with Gasteiger partial charge >= 0.3 is 0 Å². The Kier molecular flexibility index (Phi) is 3.42. The molecular formula is C20H17N3O2. The van der Waals surface area contributed by atoms with Crippen molar-refractivity contribution < 1.29 is 10.0 Å². The summed E-state index contributed by atoms with van der Waals surface area (Å²) < 4.78 is 3.83. The third-order valence-electron chi connectivity index (χ3n) is 4.61. The third-order valence-corrected chi connectivity index (χ3v) is 4.61. The maximum Gasteiger partial charge on any atom is 0.217 e. The number of carbonyl (C=O) groups excluding carboxylic acids is 1. The molecule has 0 aliphatic rings. The number of para-hydroxylation sites is 2. The number of fused-ring (bicyclic) bond motifs is 2. The summed E-state index contributed by atoms with van der Waals surface area (Å²) in [6, 6.07) is 15.4. The molecule has 0 saturated carbocycles. The Balaban J connectivity index is 1.90.